The zero-order valence-electron chi connectivity index (χ0n) is 11.2. The van der Waals surface area contributed by atoms with E-state index >= 15 is 0 Å². The fourth-order valence-electron chi connectivity index (χ4n) is 2.48. The van der Waals surface area contributed by atoms with Crippen molar-refractivity contribution < 1.29 is 4.74 Å². The van der Waals surface area contributed by atoms with Crippen LogP contribution in [0.15, 0.2) is 41.1 Å². The minimum Gasteiger partial charge on any atom is -0.493 e. The topological polar surface area (TPSA) is 34.2 Å². The Bertz CT molecular complexity index is 587. The smallest absolute Gasteiger partial charge is 0.127 e. The Balaban J connectivity index is 1.57. The molecule has 1 aromatic heterocycles. The molecule has 0 radical (unpaired) electrons. The van der Waals surface area contributed by atoms with Crippen molar-refractivity contribution in [3.05, 3.63) is 57.8 Å². The van der Waals surface area contributed by atoms with Crippen molar-refractivity contribution in [1.29, 1.82) is 0 Å². The van der Waals surface area contributed by atoms with E-state index in [1.165, 1.54) is 16.7 Å². The zero-order valence-corrected chi connectivity index (χ0v) is 12.8. The summed E-state index contributed by atoms with van der Waals surface area (Å²) in [5.74, 6) is 1.07. The SMILES string of the molecule is Brc1cc2c(c(CNCCc3ccncc3)c1)OCC2. The standard InChI is InChI=1S/C16H17BrN2O/c17-15-9-13-4-8-20-16(13)14(10-15)11-19-7-3-12-1-5-18-6-2-12/h1-2,5-6,9-10,19H,3-4,7-8,11H2. The molecule has 0 spiro atoms. The van der Waals surface area contributed by atoms with Gasteiger partial charge in [-0.3, -0.25) is 4.98 Å². The van der Waals surface area contributed by atoms with Crippen LogP contribution in [0.2, 0.25) is 0 Å². The molecular weight excluding hydrogens is 316 g/mol. The molecule has 1 N–H and O–H groups in total. The first-order chi connectivity index (χ1) is 9.83. The van der Waals surface area contributed by atoms with Crippen molar-refractivity contribution in [2.24, 2.45) is 0 Å². The molecule has 2 heterocycles. The van der Waals surface area contributed by atoms with Crippen LogP contribution in [0.1, 0.15) is 16.7 Å². The van der Waals surface area contributed by atoms with Gasteiger partial charge in [-0.2, -0.15) is 0 Å². The number of fused-ring (bicyclic) bond motifs is 1. The number of ether oxygens (including phenoxy) is 1. The maximum atomic E-state index is 5.73. The molecule has 0 aliphatic carbocycles. The quantitative estimate of drug-likeness (QED) is 0.854. The minimum absolute atomic E-state index is 0.801. The van der Waals surface area contributed by atoms with E-state index < -0.39 is 0 Å². The molecule has 20 heavy (non-hydrogen) atoms. The number of nitrogens with one attached hydrogen (secondary N) is 1. The van der Waals surface area contributed by atoms with Crippen LogP contribution in [0.5, 0.6) is 5.75 Å². The fraction of sp³-hybridized carbons (Fsp3) is 0.312. The summed E-state index contributed by atoms with van der Waals surface area (Å²) in [5, 5.41) is 3.49. The Morgan fingerprint density at radius 3 is 2.95 bits per heavy atom. The number of aromatic nitrogens is 1. The van der Waals surface area contributed by atoms with Gasteiger partial charge < -0.3 is 10.1 Å². The number of benzene rings is 1. The highest BCUT2D eigenvalue weighted by atomic mass is 79.9. The maximum absolute atomic E-state index is 5.73. The molecule has 1 aromatic carbocycles. The lowest BCUT2D eigenvalue weighted by molar-refractivity contribution is 0.352. The summed E-state index contributed by atoms with van der Waals surface area (Å²) >= 11 is 3.57. The Labute approximate surface area is 127 Å². The number of hydrogen-bond acceptors (Lipinski definition) is 3. The van der Waals surface area contributed by atoms with Gasteiger partial charge in [-0.05, 0) is 48.4 Å². The molecule has 0 fully saturated rings. The van der Waals surface area contributed by atoms with E-state index in [0.717, 1.165) is 42.8 Å². The first-order valence-electron chi connectivity index (χ1n) is 6.86. The first-order valence-corrected chi connectivity index (χ1v) is 7.66. The van der Waals surface area contributed by atoms with Crippen LogP contribution in [0.3, 0.4) is 0 Å². The molecule has 2 aromatic rings. The van der Waals surface area contributed by atoms with Gasteiger partial charge in [0.05, 0.1) is 6.61 Å². The average Bonchev–Trinajstić information content (AvgIpc) is 2.92. The second kappa shape index (κ2) is 6.37. The Hall–Kier alpha value is -1.39. The fourth-order valence-corrected chi connectivity index (χ4v) is 3.04. The van der Waals surface area contributed by atoms with Gasteiger partial charge in [0.15, 0.2) is 0 Å². The van der Waals surface area contributed by atoms with Gasteiger partial charge in [0, 0.05) is 35.4 Å². The summed E-state index contributed by atoms with van der Waals surface area (Å²) in [7, 11) is 0. The van der Waals surface area contributed by atoms with E-state index in [0.29, 0.717) is 0 Å². The van der Waals surface area contributed by atoms with E-state index in [9.17, 15) is 0 Å². The van der Waals surface area contributed by atoms with Gasteiger partial charge in [-0.1, -0.05) is 15.9 Å². The third kappa shape index (κ3) is 3.19. The molecule has 1 aliphatic heterocycles. The van der Waals surface area contributed by atoms with Crippen LogP contribution in [0, 0.1) is 0 Å². The second-order valence-corrected chi connectivity index (χ2v) is 5.85. The van der Waals surface area contributed by atoms with E-state index in [2.05, 4.69) is 50.5 Å². The average molecular weight is 333 g/mol. The predicted octanol–water partition coefficient (Wildman–Crippen LogP) is 3.11. The first kappa shape index (κ1) is 13.6. The van der Waals surface area contributed by atoms with Crippen LogP contribution >= 0.6 is 15.9 Å². The van der Waals surface area contributed by atoms with Crippen molar-refractivity contribution >= 4 is 15.9 Å². The summed E-state index contributed by atoms with van der Waals surface area (Å²) in [5.41, 5.74) is 3.86. The summed E-state index contributed by atoms with van der Waals surface area (Å²) in [6, 6.07) is 8.41. The predicted molar refractivity (Wildman–Crippen MR) is 83.0 cm³/mol. The minimum atomic E-state index is 0.801. The molecule has 3 nitrogen and oxygen atoms in total. The molecule has 0 amide bonds. The van der Waals surface area contributed by atoms with Crippen LogP contribution in [-0.2, 0) is 19.4 Å². The van der Waals surface area contributed by atoms with Gasteiger partial charge in [-0.25, -0.2) is 0 Å². The highest BCUT2D eigenvalue weighted by Crippen LogP contribution is 2.32. The summed E-state index contributed by atoms with van der Waals surface area (Å²) in [6.07, 6.45) is 5.70. The van der Waals surface area contributed by atoms with Crippen molar-refractivity contribution in [2.75, 3.05) is 13.2 Å². The molecule has 4 heteroatoms. The molecule has 104 valence electrons. The van der Waals surface area contributed by atoms with E-state index in [1.54, 1.807) is 0 Å². The summed E-state index contributed by atoms with van der Waals surface area (Å²) in [6.45, 7) is 2.59. The van der Waals surface area contributed by atoms with Crippen molar-refractivity contribution in [3.63, 3.8) is 0 Å². The van der Waals surface area contributed by atoms with Crippen LogP contribution < -0.4 is 10.1 Å². The van der Waals surface area contributed by atoms with Gasteiger partial charge in [0.25, 0.3) is 0 Å². The molecular formula is C16H17BrN2O. The molecule has 0 saturated heterocycles. The molecule has 1 aliphatic rings. The lowest BCUT2D eigenvalue weighted by atomic mass is 10.1. The second-order valence-electron chi connectivity index (χ2n) is 4.93. The van der Waals surface area contributed by atoms with Crippen LogP contribution in [-0.4, -0.2) is 18.1 Å². The van der Waals surface area contributed by atoms with E-state index in [1.807, 2.05) is 12.4 Å². The monoisotopic (exact) mass is 332 g/mol. The lowest BCUT2D eigenvalue weighted by Crippen LogP contribution is -2.17. The number of nitrogens with zero attached hydrogens (tertiary/aromatic N) is 1. The van der Waals surface area contributed by atoms with Gasteiger partial charge in [-0.15, -0.1) is 0 Å². The highest BCUT2D eigenvalue weighted by molar-refractivity contribution is 9.10. The molecule has 3 rings (SSSR count). The zero-order chi connectivity index (χ0) is 13.8. The Morgan fingerprint density at radius 2 is 2.10 bits per heavy atom. The summed E-state index contributed by atoms with van der Waals surface area (Å²) in [4.78, 5) is 4.03. The molecule has 0 unspecified atom stereocenters. The van der Waals surface area contributed by atoms with Gasteiger partial charge in [0.1, 0.15) is 5.75 Å². The number of pyridine rings is 1. The largest absolute Gasteiger partial charge is 0.493 e. The van der Waals surface area contributed by atoms with Crippen molar-refractivity contribution in [1.82, 2.24) is 10.3 Å². The number of hydrogen-bond donors (Lipinski definition) is 1. The highest BCUT2D eigenvalue weighted by Gasteiger charge is 2.16. The van der Waals surface area contributed by atoms with Crippen molar-refractivity contribution in [2.45, 2.75) is 19.4 Å². The van der Waals surface area contributed by atoms with E-state index in [-0.39, 0.29) is 0 Å². The Morgan fingerprint density at radius 1 is 1.25 bits per heavy atom. The van der Waals surface area contributed by atoms with Crippen LogP contribution in [0.25, 0.3) is 0 Å². The lowest BCUT2D eigenvalue weighted by Gasteiger charge is -2.10. The number of rotatable bonds is 5. The maximum Gasteiger partial charge on any atom is 0.127 e. The molecule has 0 atom stereocenters. The normalized spacial score (nSPS) is 13.1. The molecule has 0 saturated carbocycles. The van der Waals surface area contributed by atoms with Crippen LogP contribution in [0.4, 0.5) is 0 Å². The third-order valence-electron chi connectivity index (χ3n) is 3.48. The third-order valence-corrected chi connectivity index (χ3v) is 3.94. The summed E-state index contributed by atoms with van der Waals surface area (Å²) < 4.78 is 6.86. The van der Waals surface area contributed by atoms with Crippen molar-refractivity contribution in [3.8, 4) is 5.75 Å². The van der Waals surface area contributed by atoms with Gasteiger partial charge in [0.2, 0.25) is 0 Å². The van der Waals surface area contributed by atoms with Gasteiger partial charge >= 0.3 is 0 Å². The van der Waals surface area contributed by atoms with E-state index in [4.69, 9.17) is 4.74 Å². The number of halogens is 1. The molecule has 0 bridgehead atoms. The Kier molecular flexibility index (Phi) is 4.33.